The van der Waals surface area contributed by atoms with E-state index in [1.54, 1.807) is 7.05 Å². The molecule has 0 atom stereocenters. The lowest BCUT2D eigenvalue weighted by Gasteiger charge is -2.30. The van der Waals surface area contributed by atoms with E-state index in [9.17, 15) is 13.6 Å². The number of hydrazine groups is 1. The van der Waals surface area contributed by atoms with Gasteiger partial charge in [0, 0.05) is 20.6 Å². The Hall–Kier alpha value is -2.62. The molecule has 2 aliphatic rings. The summed E-state index contributed by atoms with van der Waals surface area (Å²) in [6, 6.07) is 2.99. The van der Waals surface area contributed by atoms with Crippen molar-refractivity contribution in [2.45, 2.75) is 63.9 Å². The molecule has 1 aromatic rings. The molecule has 0 radical (unpaired) electrons. The van der Waals surface area contributed by atoms with Gasteiger partial charge in [0.05, 0.1) is 23.2 Å². The molecule has 3 rings (SSSR count). The van der Waals surface area contributed by atoms with Crippen LogP contribution >= 0.6 is 0 Å². The zero-order valence-electron chi connectivity index (χ0n) is 19.4. The van der Waals surface area contributed by atoms with Crippen LogP contribution < -0.4 is 16.3 Å². The molecule has 10 heteroatoms. The standard InChI is InChI=1S/C23H35F2N5O3/c1-29(13-15-7-6-8-15)23(31)32-14-18(30(2)27)20(26)17-11-12-19(21(28-17)22(24)25)33-16-9-4-3-5-10-16/h11-12,15-16,22H,3-10,13-14,26-27H2,1-2H3/b20-18-. The number of hydrogen-bond donors (Lipinski definition) is 2. The van der Waals surface area contributed by atoms with E-state index in [1.165, 1.54) is 35.5 Å². The third-order valence-electron chi connectivity index (χ3n) is 6.35. The Kier molecular flexibility index (Phi) is 8.71. The third-order valence-corrected chi connectivity index (χ3v) is 6.35. The van der Waals surface area contributed by atoms with Gasteiger partial charge in [-0.1, -0.05) is 12.8 Å². The molecule has 2 aliphatic carbocycles. The fraction of sp³-hybridized carbons (Fsp3) is 0.652. The quantitative estimate of drug-likeness (QED) is 0.417. The Bertz CT molecular complexity index is 839. The highest BCUT2D eigenvalue weighted by Crippen LogP contribution is 2.32. The minimum Gasteiger partial charge on any atom is -0.488 e. The average molecular weight is 468 g/mol. The van der Waals surface area contributed by atoms with E-state index in [4.69, 9.17) is 21.1 Å². The van der Waals surface area contributed by atoms with Crippen molar-refractivity contribution in [3.05, 3.63) is 29.2 Å². The smallest absolute Gasteiger partial charge is 0.409 e. The number of carbonyl (C=O) groups is 1. The van der Waals surface area contributed by atoms with Crippen molar-refractivity contribution in [2.75, 3.05) is 27.2 Å². The molecule has 4 N–H and O–H groups in total. The normalized spacial score (nSPS) is 17.9. The number of amides is 1. The first-order valence-electron chi connectivity index (χ1n) is 11.6. The van der Waals surface area contributed by atoms with Crippen LogP contribution in [-0.4, -0.2) is 54.3 Å². The maximum Gasteiger partial charge on any atom is 0.409 e. The maximum absolute atomic E-state index is 13.8. The molecular formula is C23H35F2N5O3. The topological polar surface area (TPSA) is 107 Å². The summed E-state index contributed by atoms with van der Waals surface area (Å²) in [6.45, 7) is 0.423. The summed E-state index contributed by atoms with van der Waals surface area (Å²) >= 11 is 0. The lowest BCUT2D eigenvalue weighted by Crippen LogP contribution is -2.37. The first-order valence-corrected chi connectivity index (χ1v) is 11.6. The van der Waals surface area contributed by atoms with Crippen LogP contribution in [0.15, 0.2) is 17.8 Å². The number of pyridine rings is 1. The molecule has 33 heavy (non-hydrogen) atoms. The molecule has 1 amide bonds. The van der Waals surface area contributed by atoms with Gasteiger partial charge >= 0.3 is 6.09 Å². The molecule has 2 saturated carbocycles. The van der Waals surface area contributed by atoms with Crippen LogP contribution in [0.4, 0.5) is 13.6 Å². The predicted molar refractivity (Wildman–Crippen MR) is 121 cm³/mol. The first kappa shape index (κ1) is 25.0. The van der Waals surface area contributed by atoms with Crippen molar-refractivity contribution in [1.82, 2.24) is 14.9 Å². The van der Waals surface area contributed by atoms with E-state index in [1.807, 2.05) is 0 Å². The second kappa shape index (κ2) is 11.5. The lowest BCUT2D eigenvalue weighted by atomic mass is 9.85. The number of carbonyl (C=O) groups excluding carboxylic acids is 1. The van der Waals surface area contributed by atoms with Crippen LogP contribution in [0.5, 0.6) is 5.75 Å². The van der Waals surface area contributed by atoms with Crippen LogP contribution in [0.25, 0.3) is 5.70 Å². The summed E-state index contributed by atoms with van der Waals surface area (Å²) in [6.07, 6.45) is 4.87. The fourth-order valence-electron chi connectivity index (χ4n) is 4.13. The summed E-state index contributed by atoms with van der Waals surface area (Å²) in [5, 5.41) is 1.20. The highest BCUT2D eigenvalue weighted by molar-refractivity contribution is 5.68. The fourth-order valence-corrected chi connectivity index (χ4v) is 4.13. The highest BCUT2D eigenvalue weighted by Gasteiger charge is 2.25. The molecule has 0 bridgehead atoms. The Labute approximate surface area is 193 Å². The number of hydrogen-bond acceptors (Lipinski definition) is 7. The Morgan fingerprint density at radius 3 is 2.42 bits per heavy atom. The van der Waals surface area contributed by atoms with Crippen LogP contribution in [-0.2, 0) is 4.74 Å². The lowest BCUT2D eigenvalue weighted by molar-refractivity contribution is 0.101. The monoisotopic (exact) mass is 467 g/mol. The molecule has 0 spiro atoms. The Morgan fingerprint density at radius 1 is 1.15 bits per heavy atom. The number of ether oxygens (including phenoxy) is 2. The second-order valence-electron chi connectivity index (χ2n) is 8.96. The van der Waals surface area contributed by atoms with Gasteiger partial charge in [-0.25, -0.2) is 24.4 Å². The van der Waals surface area contributed by atoms with E-state index in [-0.39, 0.29) is 35.5 Å². The van der Waals surface area contributed by atoms with Crippen LogP contribution in [0.2, 0.25) is 0 Å². The summed E-state index contributed by atoms with van der Waals surface area (Å²) in [4.78, 5) is 17.9. The van der Waals surface area contributed by atoms with Crippen molar-refractivity contribution >= 4 is 11.8 Å². The number of nitrogens with two attached hydrogens (primary N) is 2. The van der Waals surface area contributed by atoms with Crippen LogP contribution in [0.3, 0.4) is 0 Å². The van der Waals surface area contributed by atoms with E-state index in [2.05, 4.69) is 4.98 Å². The van der Waals surface area contributed by atoms with Gasteiger partial charge < -0.3 is 25.1 Å². The van der Waals surface area contributed by atoms with Crippen molar-refractivity contribution in [3.8, 4) is 5.75 Å². The molecule has 8 nitrogen and oxygen atoms in total. The molecule has 2 fully saturated rings. The van der Waals surface area contributed by atoms with Crippen molar-refractivity contribution in [1.29, 1.82) is 0 Å². The molecular weight excluding hydrogens is 432 g/mol. The third kappa shape index (κ3) is 6.69. The number of likely N-dealkylation sites (N-methyl/N-ethyl adjacent to an activating group) is 1. The molecule has 0 aliphatic heterocycles. The largest absolute Gasteiger partial charge is 0.488 e. The van der Waals surface area contributed by atoms with Crippen molar-refractivity contribution in [3.63, 3.8) is 0 Å². The SMILES string of the molecule is CN(CC1CCC1)C(=O)OC/C(=C(/N)c1ccc(OC2CCCCC2)c(C(F)F)n1)N(C)N. The molecule has 1 heterocycles. The number of aromatic nitrogens is 1. The van der Waals surface area contributed by atoms with E-state index in [0.29, 0.717) is 12.5 Å². The molecule has 0 aromatic carbocycles. The van der Waals surface area contributed by atoms with E-state index >= 15 is 0 Å². The van der Waals surface area contributed by atoms with Gasteiger partial charge in [-0.2, -0.15) is 0 Å². The van der Waals surface area contributed by atoms with Gasteiger partial charge in [0.25, 0.3) is 6.43 Å². The van der Waals surface area contributed by atoms with E-state index < -0.39 is 18.2 Å². The molecule has 1 aromatic heterocycles. The molecule has 184 valence electrons. The van der Waals surface area contributed by atoms with Gasteiger partial charge in [-0.15, -0.1) is 0 Å². The first-order chi connectivity index (χ1) is 15.8. The van der Waals surface area contributed by atoms with Crippen molar-refractivity contribution < 1.29 is 23.0 Å². The van der Waals surface area contributed by atoms with Gasteiger partial charge in [0.15, 0.2) is 0 Å². The van der Waals surface area contributed by atoms with Gasteiger partial charge in [0.1, 0.15) is 18.1 Å². The van der Waals surface area contributed by atoms with Gasteiger partial charge in [-0.05, 0) is 56.6 Å². The number of alkyl halides is 2. The summed E-state index contributed by atoms with van der Waals surface area (Å²) < 4.78 is 38.7. The van der Waals surface area contributed by atoms with E-state index in [0.717, 1.165) is 44.9 Å². The van der Waals surface area contributed by atoms with Crippen LogP contribution in [0.1, 0.15) is 69.2 Å². The zero-order valence-corrected chi connectivity index (χ0v) is 19.4. The summed E-state index contributed by atoms with van der Waals surface area (Å²) in [7, 11) is 3.21. The highest BCUT2D eigenvalue weighted by atomic mass is 19.3. The second-order valence-corrected chi connectivity index (χ2v) is 8.96. The van der Waals surface area contributed by atoms with Gasteiger partial charge in [-0.3, -0.25) is 0 Å². The molecule has 0 unspecified atom stereocenters. The Morgan fingerprint density at radius 2 is 1.85 bits per heavy atom. The summed E-state index contributed by atoms with van der Waals surface area (Å²) in [5.74, 6) is 6.47. The number of halogens is 2. The minimum absolute atomic E-state index is 0.0561. The summed E-state index contributed by atoms with van der Waals surface area (Å²) in [5.41, 5.74) is 6.19. The maximum atomic E-state index is 13.8. The molecule has 0 saturated heterocycles. The number of rotatable bonds is 9. The average Bonchev–Trinajstić information content (AvgIpc) is 2.76. The predicted octanol–water partition coefficient (Wildman–Crippen LogP) is 4.03. The number of nitrogens with zero attached hydrogens (tertiary/aromatic N) is 3. The minimum atomic E-state index is -2.83. The Balaban J connectivity index is 1.73. The van der Waals surface area contributed by atoms with Crippen LogP contribution in [0, 0.1) is 5.92 Å². The van der Waals surface area contributed by atoms with Gasteiger partial charge in [0.2, 0.25) is 0 Å². The van der Waals surface area contributed by atoms with Crippen molar-refractivity contribution in [2.24, 2.45) is 17.5 Å². The zero-order chi connectivity index (χ0) is 24.0.